The zero-order valence-corrected chi connectivity index (χ0v) is 17.8. The number of rotatable bonds is 6. The van der Waals surface area contributed by atoms with Crippen LogP contribution in [0.25, 0.3) is 11.0 Å². The van der Waals surface area contributed by atoms with Crippen LogP contribution in [0.1, 0.15) is 20.7 Å². The van der Waals surface area contributed by atoms with Gasteiger partial charge in [-0.15, -0.1) is 0 Å². The highest BCUT2D eigenvalue weighted by Gasteiger charge is 2.15. The van der Waals surface area contributed by atoms with E-state index in [2.05, 4.69) is 5.32 Å². The van der Waals surface area contributed by atoms with Crippen molar-refractivity contribution in [2.45, 2.75) is 0 Å². The molecule has 1 N–H and O–H groups in total. The fourth-order valence-corrected chi connectivity index (χ4v) is 3.16. The van der Waals surface area contributed by atoms with Crippen LogP contribution in [0.2, 0.25) is 0 Å². The summed E-state index contributed by atoms with van der Waals surface area (Å²) >= 11 is 0. The molecule has 0 unspecified atom stereocenters. The van der Waals surface area contributed by atoms with Gasteiger partial charge in [0.05, 0.1) is 30.9 Å². The van der Waals surface area contributed by atoms with E-state index >= 15 is 0 Å². The monoisotopic (exact) mass is 445 g/mol. The number of hydrogen-bond donors (Lipinski definition) is 1. The summed E-state index contributed by atoms with van der Waals surface area (Å²) in [6, 6.07) is 17.6. The van der Waals surface area contributed by atoms with Gasteiger partial charge in [0.2, 0.25) is 11.2 Å². The SMILES string of the molecule is COC(=O)c1ccccc1NC(=O)c1ccc(Oc2coc3cc(OC)ccc3c2=O)cc1. The number of benzene rings is 3. The summed E-state index contributed by atoms with van der Waals surface area (Å²) in [4.78, 5) is 37.2. The molecule has 1 heterocycles. The summed E-state index contributed by atoms with van der Waals surface area (Å²) in [5, 5.41) is 3.05. The van der Waals surface area contributed by atoms with Gasteiger partial charge in [-0.25, -0.2) is 4.79 Å². The van der Waals surface area contributed by atoms with E-state index in [1.165, 1.54) is 20.5 Å². The van der Waals surface area contributed by atoms with Gasteiger partial charge in [0.15, 0.2) is 0 Å². The number of hydrogen-bond acceptors (Lipinski definition) is 7. The van der Waals surface area contributed by atoms with Crippen molar-refractivity contribution in [2.75, 3.05) is 19.5 Å². The molecule has 0 fully saturated rings. The van der Waals surface area contributed by atoms with Crippen molar-refractivity contribution in [1.29, 1.82) is 0 Å². The topological polar surface area (TPSA) is 104 Å². The second-order valence-electron chi connectivity index (χ2n) is 6.91. The van der Waals surface area contributed by atoms with Gasteiger partial charge in [0.25, 0.3) is 5.91 Å². The molecule has 8 nitrogen and oxygen atoms in total. The Morgan fingerprint density at radius 2 is 1.64 bits per heavy atom. The maximum Gasteiger partial charge on any atom is 0.339 e. The third-order valence-corrected chi connectivity index (χ3v) is 4.88. The summed E-state index contributed by atoms with van der Waals surface area (Å²) < 4.78 is 21.0. The minimum atomic E-state index is -0.553. The van der Waals surface area contributed by atoms with Crippen LogP contribution in [0.3, 0.4) is 0 Å². The van der Waals surface area contributed by atoms with Gasteiger partial charge in [-0.3, -0.25) is 9.59 Å². The second kappa shape index (κ2) is 9.27. The molecular weight excluding hydrogens is 426 g/mol. The Kier molecular flexibility index (Phi) is 6.08. The standard InChI is InChI=1S/C25H19NO7/c1-30-17-11-12-19-21(13-17)32-14-22(23(19)27)33-16-9-7-15(8-10-16)24(28)26-20-6-4-3-5-18(20)25(29)31-2/h3-14H,1-2H3,(H,26,28). The van der Waals surface area contributed by atoms with Gasteiger partial charge in [0.1, 0.15) is 23.3 Å². The highest BCUT2D eigenvalue weighted by molar-refractivity contribution is 6.08. The first-order valence-corrected chi connectivity index (χ1v) is 9.86. The summed E-state index contributed by atoms with van der Waals surface area (Å²) in [5.41, 5.74) is 0.958. The molecule has 166 valence electrons. The molecule has 0 radical (unpaired) electrons. The van der Waals surface area contributed by atoms with E-state index in [1.54, 1.807) is 66.7 Å². The molecule has 0 saturated heterocycles. The largest absolute Gasteiger partial charge is 0.497 e. The maximum absolute atomic E-state index is 12.7. The first kappa shape index (κ1) is 21.6. The molecule has 8 heteroatoms. The predicted molar refractivity (Wildman–Crippen MR) is 121 cm³/mol. The van der Waals surface area contributed by atoms with Crippen molar-refractivity contribution in [2.24, 2.45) is 0 Å². The molecule has 0 atom stereocenters. The number of fused-ring (bicyclic) bond motifs is 1. The van der Waals surface area contributed by atoms with E-state index in [4.69, 9.17) is 18.6 Å². The quantitative estimate of drug-likeness (QED) is 0.432. The molecule has 4 rings (SSSR count). The van der Waals surface area contributed by atoms with E-state index in [-0.39, 0.29) is 16.7 Å². The Morgan fingerprint density at radius 3 is 2.36 bits per heavy atom. The zero-order valence-electron chi connectivity index (χ0n) is 17.8. The Hall–Kier alpha value is -4.59. The first-order valence-electron chi connectivity index (χ1n) is 9.86. The smallest absolute Gasteiger partial charge is 0.339 e. The van der Waals surface area contributed by atoms with Crippen molar-refractivity contribution in [1.82, 2.24) is 0 Å². The molecule has 0 spiro atoms. The van der Waals surface area contributed by atoms with Gasteiger partial charge < -0.3 is 23.9 Å². The predicted octanol–water partition coefficient (Wildman–Crippen LogP) is 4.63. The van der Waals surface area contributed by atoms with Crippen LogP contribution in [0, 0.1) is 0 Å². The van der Waals surface area contributed by atoms with E-state index in [0.717, 1.165) is 0 Å². The van der Waals surface area contributed by atoms with Crippen LogP contribution < -0.4 is 20.2 Å². The number of amides is 1. The third-order valence-electron chi connectivity index (χ3n) is 4.88. The van der Waals surface area contributed by atoms with Gasteiger partial charge >= 0.3 is 5.97 Å². The average molecular weight is 445 g/mol. The highest BCUT2D eigenvalue weighted by Crippen LogP contribution is 2.24. The molecular formula is C25H19NO7. The van der Waals surface area contributed by atoms with Crippen LogP contribution in [-0.4, -0.2) is 26.1 Å². The lowest BCUT2D eigenvalue weighted by Gasteiger charge is -2.10. The van der Waals surface area contributed by atoms with Gasteiger partial charge in [-0.1, -0.05) is 12.1 Å². The maximum atomic E-state index is 12.7. The fraction of sp³-hybridized carbons (Fsp3) is 0.0800. The molecule has 33 heavy (non-hydrogen) atoms. The lowest BCUT2D eigenvalue weighted by atomic mass is 10.1. The third kappa shape index (κ3) is 4.54. The molecule has 1 aromatic heterocycles. The van der Waals surface area contributed by atoms with Crippen LogP contribution in [0.4, 0.5) is 5.69 Å². The van der Waals surface area contributed by atoms with E-state index < -0.39 is 11.9 Å². The number of carbonyl (C=O) groups excluding carboxylic acids is 2. The first-order chi connectivity index (χ1) is 16.0. The fourth-order valence-electron chi connectivity index (χ4n) is 3.16. The van der Waals surface area contributed by atoms with Gasteiger partial charge in [-0.2, -0.15) is 0 Å². The minimum absolute atomic E-state index is 0.0110. The number of nitrogens with one attached hydrogen (secondary N) is 1. The number of anilines is 1. The van der Waals surface area contributed by atoms with E-state index in [9.17, 15) is 14.4 Å². The second-order valence-corrected chi connectivity index (χ2v) is 6.91. The van der Waals surface area contributed by atoms with E-state index in [1.807, 2.05) is 0 Å². The molecule has 4 aromatic rings. The number of esters is 1. The van der Waals surface area contributed by atoms with Gasteiger partial charge in [0, 0.05) is 11.6 Å². The van der Waals surface area contributed by atoms with Crippen molar-refractivity contribution in [3.8, 4) is 17.2 Å². The summed E-state index contributed by atoms with van der Waals surface area (Å²) in [5.74, 6) is -0.0414. The molecule has 0 bridgehead atoms. The van der Waals surface area contributed by atoms with Crippen molar-refractivity contribution < 1.29 is 28.2 Å². The van der Waals surface area contributed by atoms with Crippen LogP contribution in [-0.2, 0) is 4.74 Å². The Balaban J connectivity index is 1.51. The van der Waals surface area contributed by atoms with Crippen molar-refractivity contribution in [3.05, 3.63) is 94.3 Å². The number of methoxy groups -OCH3 is 2. The average Bonchev–Trinajstić information content (AvgIpc) is 2.85. The molecule has 0 saturated carbocycles. The number of para-hydroxylation sites is 1. The molecule has 0 aliphatic carbocycles. The summed E-state index contributed by atoms with van der Waals surface area (Å²) in [6.45, 7) is 0. The minimum Gasteiger partial charge on any atom is -0.497 e. The van der Waals surface area contributed by atoms with Crippen molar-refractivity contribution >= 4 is 28.5 Å². The molecule has 3 aromatic carbocycles. The lowest BCUT2D eigenvalue weighted by Crippen LogP contribution is -2.15. The Bertz CT molecular complexity index is 1390. The lowest BCUT2D eigenvalue weighted by molar-refractivity contribution is 0.0602. The summed E-state index contributed by atoms with van der Waals surface area (Å²) in [6.07, 6.45) is 1.23. The Labute approximate surface area is 188 Å². The van der Waals surface area contributed by atoms with E-state index in [0.29, 0.717) is 33.7 Å². The zero-order chi connectivity index (χ0) is 23.4. The normalized spacial score (nSPS) is 10.5. The van der Waals surface area contributed by atoms with Crippen LogP contribution in [0.5, 0.6) is 17.2 Å². The molecule has 0 aliphatic heterocycles. The highest BCUT2D eigenvalue weighted by atomic mass is 16.5. The molecule has 1 amide bonds. The van der Waals surface area contributed by atoms with Crippen molar-refractivity contribution in [3.63, 3.8) is 0 Å². The van der Waals surface area contributed by atoms with Crippen LogP contribution in [0.15, 0.2) is 82.2 Å². The number of carbonyl (C=O) groups is 2. The van der Waals surface area contributed by atoms with Crippen LogP contribution >= 0.6 is 0 Å². The molecule has 0 aliphatic rings. The number of ether oxygens (including phenoxy) is 3. The Morgan fingerprint density at radius 1 is 0.909 bits per heavy atom. The van der Waals surface area contributed by atoms with Gasteiger partial charge in [-0.05, 0) is 48.5 Å². The summed E-state index contributed by atoms with van der Waals surface area (Å²) in [7, 11) is 2.80.